The van der Waals surface area contributed by atoms with E-state index in [0.717, 1.165) is 29.5 Å². The molecule has 0 spiro atoms. The third-order valence-electron chi connectivity index (χ3n) is 5.31. The number of hydrogen-bond acceptors (Lipinski definition) is 4. The van der Waals surface area contributed by atoms with E-state index >= 15 is 0 Å². The molecule has 3 rings (SSSR count). The maximum absolute atomic E-state index is 12.3. The van der Waals surface area contributed by atoms with E-state index in [1.54, 1.807) is 25.3 Å². The van der Waals surface area contributed by atoms with Gasteiger partial charge in [-0.1, -0.05) is 74.2 Å². The molecule has 172 valence electrons. The second-order valence-electron chi connectivity index (χ2n) is 7.96. The van der Waals surface area contributed by atoms with Crippen LogP contribution in [0.1, 0.15) is 43.7 Å². The Morgan fingerprint density at radius 3 is 2.21 bits per heavy atom. The number of carbonyl (C=O) groups excluding carboxylic acids is 1. The molecular weight excluding hydrogens is 412 g/mol. The Bertz CT molecular complexity index is 1050. The van der Waals surface area contributed by atoms with Gasteiger partial charge < -0.3 is 14.2 Å². The monoisotopic (exact) mass is 444 g/mol. The number of rotatable bonds is 11. The lowest BCUT2D eigenvalue weighted by Crippen LogP contribution is -2.03. The van der Waals surface area contributed by atoms with Crippen molar-refractivity contribution in [3.63, 3.8) is 0 Å². The summed E-state index contributed by atoms with van der Waals surface area (Å²) in [5.41, 5.74) is 4.25. The zero-order valence-electron chi connectivity index (χ0n) is 19.7. The van der Waals surface area contributed by atoms with E-state index in [1.807, 2.05) is 30.3 Å². The summed E-state index contributed by atoms with van der Waals surface area (Å²) in [4.78, 5) is 12.3. The summed E-state index contributed by atoms with van der Waals surface area (Å²) < 4.78 is 16.7. The van der Waals surface area contributed by atoms with Gasteiger partial charge in [0.05, 0.1) is 13.7 Å². The average Bonchev–Trinajstić information content (AvgIpc) is 2.84. The van der Waals surface area contributed by atoms with Crippen molar-refractivity contribution >= 4 is 12.0 Å². The molecule has 0 aromatic heterocycles. The summed E-state index contributed by atoms with van der Waals surface area (Å²) in [6.45, 7) is 4.92. The van der Waals surface area contributed by atoms with Crippen LogP contribution in [0, 0.1) is 6.92 Å². The summed E-state index contributed by atoms with van der Waals surface area (Å²) in [5, 5.41) is 0. The number of carbonyl (C=O) groups is 1. The molecule has 4 nitrogen and oxygen atoms in total. The molecule has 0 bridgehead atoms. The second-order valence-corrected chi connectivity index (χ2v) is 7.96. The van der Waals surface area contributed by atoms with E-state index in [-0.39, 0.29) is 0 Å². The van der Waals surface area contributed by atoms with Gasteiger partial charge in [0.2, 0.25) is 0 Å². The van der Waals surface area contributed by atoms with E-state index in [9.17, 15) is 4.79 Å². The van der Waals surface area contributed by atoms with Crippen LogP contribution in [-0.4, -0.2) is 19.7 Å². The maximum atomic E-state index is 12.3. The lowest BCUT2D eigenvalue weighted by molar-refractivity contribution is -0.128. The van der Waals surface area contributed by atoms with Crippen LogP contribution in [0.3, 0.4) is 0 Å². The molecular formula is C29H32O4. The van der Waals surface area contributed by atoms with Crippen molar-refractivity contribution in [3.8, 4) is 28.4 Å². The minimum Gasteiger partial charge on any atom is -0.493 e. The SMILES string of the molecule is CCCCCCOc1ccc(/C=C/C(=O)Oc2ccc(-c3ccc(C)cc3)cc2)cc1OC. The van der Waals surface area contributed by atoms with Gasteiger partial charge in [0.15, 0.2) is 11.5 Å². The molecule has 0 aliphatic rings. The molecule has 0 heterocycles. The summed E-state index contributed by atoms with van der Waals surface area (Å²) in [6, 6.07) is 21.4. The molecule has 3 aromatic rings. The number of esters is 1. The Morgan fingerprint density at radius 1 is 0.848 bits per heavy atom. The predicted octanol–water partition coefficient (Wildman–Crippen LogP) is 7.25. The van der Waals surface area contributed by atoms with Crippen LogP contribution in [0.4, 0.5) is 0 Å². The van der Waals surface area contributed by atoms with Crippen LogP contribution in [0.25, 0.3) is 17.2 Å². The van der Waals surface area contributed by atoms with Crippen molar-refractivity contribution in [1.29, 1.82) is 0 Å². The Labute approximate surface area is 196 Å². The van der Waals surface area contributed by atoms with E-state index < -0.39 is 5.97 Å². The first-order valence-corrected chi connectivity index (χ1v) is 11.5. The van der Waals surface area contributed by atoms with Crippen molar-refractivity contribution in [3.05, 3.63) is 83.9 Å². The Balaban J connectivity index is 1.55. The lowest BCUT2D eigenvalue weighted by atomic mass is 10.0. The number of methoxy groups -OCH3 is 1. The van der Waals surface area contributed by atoms with Crippen LogP contribution in [0.2, 0.25) is 0 Å². The smallest absolute Gasteiger partial charge is 0.336 e. The molecule has 33 heavy (non-hydrogen) atoms. The molecule has 0 unspecified atom stereocenters. The first-order valence-electron chi connectivity index (χ1n) is 11.5. The molecule has 0 amide bonds. The van der Waals surface area contributed by atoms with Gasteiger partial charge in [-0.25, -0.2) is 4.79 Å². The van der Waals surface area contributed by atoms with Crippen LogP contribution in [0.15, 0.2) is 72.8 Å². The molecule has 0 fully saturated rings. The highest BCUT2D eigenvalue weighted by atomic mass is 16.5. The van der Waals surface area contributed by atoms with Gasteiger partial charge in [0.25, 0.3) is 0 Å². The Morgan fingerprint density at radius 2 is 1.55 bits per heavy atom. The van der Waals surface area contributed by atoms with E-state index in [1.165, 1.54) is 24.5 Å². The Kier molecular flexibility index (Phi) is 9.13. The van der Waals surface area contributed by atoms with Gasteiger partial charge >= 0.3 is 5.97 Å². The van der Waals surface area contributed by atoms with Crippen molar-refractivity contribution in [2.45, 2.75) is 39.5 Å². The van der Waals surface area contributed by atoms with E-state index in [2.05, 4.69) is 38.1 Å². The zero-order chi connectivity index (χ0) is 23.5. The molecule has 0 saturated heterocycles. The first-order chi connectivity index (χ1) is 16.1. The molecule has 3 aromatic carbocycles. The Hall–Kier alpha value is -3.53. The molecule has 0 atom stereocenters. The van der Waals surface area contributed by atoms with Gasteiger partial charge in [-0.2, -0.15) is 0 Å². The van der Waals surface area contributed by atoms with Gasteiger partial charge in [-0.3, -0.25) is 0 Å². The molecule has 0 N–H and O–H groups in total. The van der Waals surface area contributed by atoms with Crippen molar-refractivity contribution in [2.24, 2.45) is 0 Å². The van der Waals surface area contributed by atoms with Gasteiger partial charge in [-0.15, -0.1) is 0 Å². The van der Waals surface area contributed by atoms with Crippen LogP contribution < -0.4 is 14.2 Å². The largest absolute Gasteiger partial charge is 0.493 e. The summed E-state index contributed by atoms with van der Waals surface area (Å²) in [5.74, 6) is 1.42. The highest BCUT2D eigenvalue weighted by Crippen LogP contribution is 2.29. The summed E-state index contributed by atoms with van der Waals surface area (Å²) in [6.07, 6.45) is 7.72. The average molecular weight is 445 g/mol. The number of unbranched alkanes of at least 4 members (excludes halogenated alkanes) is 3. The number of ether oxygens (including phenoxy) is 3. The summed E-state index contributed by atoms with van der Waals surface area (Å²) >= 11 is 0. The van der Waals surface area contributed by atoms with Gasteiger partial charge in [0.1, 0.15) is 5.75 Å². The molecule has 4 heteroatoms. The third kappa shape index (κ3) is 7.53. The highest BCUT2D eigenvalue weighted by molar-refractivity contribution is 5.89. The highest BCUT2D eigenvalue weighted by Gasteiger charge is 2.06. The molecule has 0 radical (unpaired) electrons. The first kappa shape index (κ1) is 24.1. The van der Waals surface area contributed by atoms with Crippen LogP contribution in [0.5, 0.6) is 17.2 Å². The van der Waals surface area contributed by atoms with Crippen LogP contribution in [-0.2, 0) is 4.79 Å². The fraction of sp³-hybridized carbons (Fsp3) is 0.276. The maximum Gasteiger partial charge on any atom is 0.336 e. The lowest BCUT2D eigenvalue weighted by Gasteiger charge is -2.11. The molecule has 0 aliphatic heterocycles. The second kappa shape index (κ2) is 12.5. The standard InChI is InChI=1S/C29H32O4/c1-4-5-6-7-20-32-27-18-10-23(21-28(27)31-3)11-19-29(30)33-26-16-14-25(15-17-26)24-12-8-22(2)9-13-24/h8-19,21H,4-7,20H2,1-3H3/b19-11+. The van der Waals surface area contributed by atoms with Crippen molar-refractivity contribution in [1.82, 2.24) is 0 Å². The minimum atomic E-state index is -0.437. The van der Waals surface area contributed by atoms with Crippen molar-refractivity contribution < 1.29 is 19.0 Å². The van der Waals surface area contributed by atoms with E-state index in [4.69, 9.17) is 14.2 Å². The normalized spacial score (nSPS) is 10.9. The van der Waals surface area contributed by atoms with E-state index in [0.29, 0.717) is 23.9 Å². The fourth-order valence-electron chi connectivity index (χ4n) is 3.39. The van der Waals surface area contributed by atoms with Gasteiger partial charge in [0, 0.05) is 6.08 Å². The third-order valence-corrected chi connectivity index (χ3v) is 5.31. The topological polar surface area (TPSA) is 44.8 Å². The summed E-state index contributed by atoms with van der Waals surface area (Å²) in [7, 11) is 1.61. The number of aryl methyl sites for hydroxylation is 1. The van der Waals surface area contributed by atoms with Gasteiger partial charge in [-0.05, 0) is 60.4 Å². The van der Waals surface area contributed by atoms with Crippen LogP contribution >= 0.6 is 0 Å². The fourth-order valence-corrected chi connectivity index (χ4v) is 3.39. The quantitative estimate of drug-likeness (QED) is 0.135. The molecule has 0 saturated carbocycles. The zero-order valence-corrected chi connectivity index (χ0v) is 19.7. The minimum absolute atomic E-state index is 0.437. The number of benzene rings is 3. The number of hydrogen-bond donors (Lipinski definition) is 0. The predicted molar refractivity (Wildman–Crippen MR) is 134 cm³/mol. The molecule has 0 aliphatic carbocycles. The van der Waals surface area contributed by atoms with Crippen molar-refractivity contribution in [2.75, 3.05) is 13.7 Å².